The molecule has 1 N–H and O–H groups in total. The number of morpholine rings is 1. The van der Waals surface area contributed by atoms with Crippen LogP contribution in [0.4, 0.5) is 0 Å². The lowest BCUT2D eigenvalue weighted by molar-refractivity contribution is 0.00466. The monoisotopic (exact) mass is 285 g/mol. The van der Waals surface area contributed by atoms with Gasteiger partial charge in [-0.05, 0) is 24.6 Å². The average Bonchev–Trinajstić information content (AvgIpc) is 2.41. The minimum absolute atomic E-state index is 0.251. The van der Waals surface area contributed by atoms with Crippen molar-refractivity contribution < 1.29 is 14.6 Å². The third kappa shape index (κ3) is 4.66. The topological polar surface area (TPSA) is 41.9 Å². The Morgan fingerprint density at radius 1 is 1.42 bits per heavy atom. The number of aryl methyl sites for hydroxylation is 1. The number of halogens is 1. The Balaban J connectivity index is 1.79. The van der Waals surface area contributed by atoms with Crippen molar-refractivity contribution in [2.75, 3.05) is 39.5 Å². The van der Waals surface area contributed by atoms with Crippen molar-refractivity contribution in [1.82, 2.24) is 4.90 Å². The van der Waals surface area contributed by atoms with Crippen molar-refractivity contribution in [2.45, 2.75) is 13.0 Å². The number of rotatable bonds is 5. The van der Waals surface area contributed by atoms with E-state index >= 15 is 0 Å². The molecule has 5 heteroatoms. The number of nitrogens with zero attached hydrogens (tertiary/aromatic N) is 1. The van der Waals surface area contributed by atoms with Crippen molar-refractivity contribution in [3.05, 3.63) is 28.8 Å². The highest BCUT2D eigenvalue weighted by atomic mass is 35.5. The quantitative estimate of drug-likeness (QED) is 0.894. The summed E-state index contributed by atoms with van der Waals surface area (Å²) in [5.41, 5.74) is 1.09. The summed E-state index contributed by atoms with van der Waals surface area (Å²) in [5, 5.41) is 10.5. The van der Waals surface area contributed by atoms with Crippen molar-refractivity contribution in [2.24, 2.45) is 0 Å². The largest absolute Gasteiger partial charge is 0.489 e. The molecule has 1 atom stereocenters. The zero-order valence-corrected chi connectivity index (χ0v) is 11.9. The molecule has 0 spiro atoms. The lowest BCUT2D eigenvalue weighted by Crippen LogP contribution is -2.42. The van der Waals surface area contributed by atoms with Gasteiger partial charge in [0, 0.05) is 19.6 Å². The van der Waals surface area contributed by atoms with Gasteiger partial charge in [0.2, 0.25) is 0 Å². The maximum Gasteiger partial charge on any atom is 0.138 e. The molecule has 4 nitrogen and oxygen atoms in total. The minimum atomic E-state index is -0.519. The molecular weight excluding hydrogens is 266 g/mol. The molecule has 0 amide bonds. The maximum absolute atomic E-state index is 9.97. The second-order valence-corrected chi connectivity index (χ2v) is 5.22. The fourth-order valence-corrected chi connectivity index (χ4v) is 2.21. The van der Waals surface area contributed by atoms with Gasteiger partial charge in [-0.2, -0.15) is 0 Å². The maximum atomic E-state index is 9.97. The Labute approximate surface area is 118 Å². The number of aliphatic hydroxyl groups is 1. The van der Waals surface area contributed by atoms with Gasteiger partial charge in [-0.25, -0.2) is 0 Å². The molecule has 0 radical (unpaired) electrons. The summed E-state index contributed by atoms with van der Waals surface area (Å²) in [5.74, 6) is 0.627. The van der Waals surface area contributed by atoms with E-state index in [9.17, 15) is 5.11 Å². The number of aliphatic hydroxyl groups excluding tert-OH is 1. The molecule has 106 valence electrons. The van der Waals surface area contributed by atoms with E-state index in [0.717, 1.165) is 31.9 Å². The van der Waals surface area contributed by atoms with Crippen LogP contribution in [0.3, 0.4) is 0 Å². The van der Waals surface area contributed by atoms with Crippen molar-refractivity contribution >= 4 is 11.6 Å². The van der Waals surface area contributed by atoms with Crippen LogP contribution >= 0.6 is 11.6 Å². The van der Waals surface area contributed by atoms with Crippen LogP contribution in [-0.2, 0) is 4.74 Å². The molecule has 1 aliphatic heterocycles. The summed E-state index contributed by atoms with van der Waals surface area (Å²) >= 11 is 6.04. The van der Waals surface area contributed by atoms with Crippen molar-refractivity contribution in [1.29, 1.82) is 0 Å². The van der Waals surface area contributed by atoms with Gasteiger partial charge in [0.1, 0.15) is 18.5 Å². The van der Waals surface area contributed by atoms with Crippen LogP contribution in [0.5, 0.6) is 5.75 Å². The molecule has 0 aromatic heterocycles. The molecule has 1 heterocycles. The smallest absolute Gasteiger partial charge is 0.138 e. The lowest BCUT2D eigenvalue weighted by Gasteiger charge is -2.28. The fraction of sp³-hybridized carbons (Fsp3) is 0.571. The zero-order valence-electron chi connectivity index (χ0n) is 11.1. The van der Waals surface area contributed by atoms with E-state index in [1.54, 1.807) is 6.07 Å². The third-order valence-corrected chi connectivity index (χ3v) is 3.40. The predicted molar refractivity (Wildman–Crippen MR) is 74.9 cm³/mol. The van der Waals surface area contributed by atoms with Crippen molar-refractivity contribution in [3.8, 4) is 5.75 Å². The second-order valence-electron chi connectivity index (χ2n) is 4.81. The Morgan fingerprint density at radius 3 is 2.89 bits per heavy atom. The Morgan fingerprint density at radius 2 is 2.16 bits per heavy atom. The summed E-state index contributed by atoms with van der Waals surface area (Å²) in [6.45, 7) is 6.03. The summed E-state index contributed by atoms with van der Waals surface area (Å²) in [6, 6.07) is 5.61. The van der Waals surface area contributed by atoms with Crippen LogP contribution in [-0.4, -0.2) is 55.6 Å². The van der Waals surface area contributed by atoms with Crippen LogP contribution in [0.25, 0.3) is 0 Å². The highest BCUT2D eigenvalue weighted by Crippen LogP contribution is 2.25. The van der Waals surface area contributed by atoms with E-state index in [2.05, 4.69) is 4.90 Å². The fourth-order valence-electron chi connectivity index (χ4n) is 2.04. The normalized spacial score (nSPS) is 18.3. The molecule has 1 aliphatic rings. The highest BCUT2D eigenvalue weighted by Gasteiger charge is 2.15. The molecule has 0 aliphatic carbocycles. The minimum Gasteiger partial charge on any atom is -0.489 e. The van der Waals surface area contributed by atoms with E-state index in [4.69, 9.17) is 21.1 Å². The molecule has 0 bridgehead atoms. The van der Waals surface area contributed by atoms with Crippen LogP contribution in [0.1, 0.15) is 5.56 Å². The van der Waals surface area contributed by atoms with Crippen LogP contribution in [0.15, 0.2) is 18.2 Å². The number of hydrogen-bond acceptors (Lipinski definition) is 4. The Hall–Kier alpha value is -0.810. The lowest BCUT2D eigenvalue weighted by atomic mass is 10.2. The molecule has 1 fully saturated rings. The Kier molecular flexibility index (Phi) is 5.45. The van der Waals surface area contributed by atoms with E-state index in [1.807, 2.05) is 19.1 Å². The van der Waals surface area contributed by atoms with E-state index < -0.39 is 6.10 Å². The first kappa shape index (κ1) is 14.6. The molecule has 19 heavy (non-hydrogen) atoms. The first-order chi connectivity index (χ1) is 9.15. The average molecular weight is 286 g/mol. The first-order valence-electron chi connectivity index (χ1n) is 6.52. The van der Waals surface area contributed by atoms with Gasteiger partial charge in [-0.3, -0.25) is 4.90 Å². The van der Waals surface area contributed by atoms with E-state index in [1.165, 1.54) is 0 Å². The molecule has 2 rings (SSSR count). The summed E-state index contributed by atoms with van der Waals surface area (Å²) in [4.78, 5) is 2.18. The van der Waals surface area contributed by atoms with E-state index in [0.29, 0.717) is 17.3 Å². The number of benzene rings is 1. The molecular formula is C14H20ClNO3. The van der Waals surface area contributed by atoms with Crippen LogP contribution in [0, 0.1) is 6.92 Å². The second kappa shape index (κ2) is 7.10. The summed E-state index contributed by atoms with van der Waals surface area (Å²) in [7, 11) is 0. The van der Waals surface area contributed by atoms with Crippen molar-refractivity contribution in [3.63, 3.8) is 0 Å². The highest BCUT2D eigenvalue weighted by molar-refractivity contribution is 6.32. The van der Waals surface area contributed by atoms with Gasteiger partial charge in [0.05, 0.1) is 18.2 Å². The van der Waals surface area contributed by atoms with Gasteiger partial charge in [-0.15, -0.1) is 0 Å². The molecule has 1 saturated heterocycles. The number of hydrogen-bond donors (Lipinski definition) is 1. The molecule has 1 unspecified atom stereocenters. The summed E-state index contributed by atoms with van der Waals surface area (Å²) in [6.07, 6.45) is -0.519. The SMILES string of the molecule is Cc1ccc(Cl)c(OCC(O)CN2CCOCC2)c1. The van der Waals surface area contributed by atoms with Crippen LogP contribution < -0.4 is 4.74 Å². The van der Waals surface area contributed by atoms with Gasteiger partial charge in [0.15, 0.2) is 0 Å². The van der Waals surface area contributed by atoms with Gasteiger partial charge >= 0.3 is 0 Å². The molecule has 0 saturated carbocycles. The first-order valence-corrected chi connectivity index (χ1v) is 6.90. The zero-order chi connectivity index (χ0) is 13.7. The van der Waals surface area contributed by atoms with Gasteiger partial charge < -0.3 is 14.6 Å². The van der Waals surface area contributed by atoms with Crippen LogP contribution in [0.2, 0.25) is 5.02 Å². The summed E-state index contributed by atoms with van der Waals surface area (Å²) < 4.78 is 10.8. The Bertz CT molecular complexity index is 408. The molecule has 1 aromatic carbocycles. The van der Waals surface area contributed by atoms with E-state index in [-0.39, 0.29) is 6.61 Å². The third-order valence-electron chi connectivity index (χ3n) is 3.09. The van der Waals surface area contributed by atoms with Gasteiger partial charge in [-0.1, -0.05) is 17.7 Å². The molecule has 1 aromatic rings. The standard InChI is InChI=1S/C14H20ClNO3/c1-11-2-3-13(15)14(8-11)19-10-12(17)9-16-4-6-18-7-5-16/h2-3,8,12,17H,4-7,9-10H2,1H3. The number of β-amino-alcohol motifs (C(OH)–C–C–N with tert-alkyl or cyclic N) is 1. The predicted octanol–water partition coefficient (Wildman–Crippen LogP) is 1.72. The van der Waals surface area contributed by atoms with Gasteiger partial charge in [0.25, 0.3) is 0 Å². The number of ether oxygens (including phenoxy) is 2.